The van der Waals surface area contributed by atoms with E-state index in [1.165, 1.54) is 0 Å². The van der Waals surface area contributed by atoms with E-state index in [4.69, 9.17) is 0 Å². The number of carbonyl (C=O) groups is 2. The third kappa shape index (κ3) is 3.76. The molecule has 2 amide bonds. The molecule has 26 heavy (non-hydrogen) atoms. The van der Waals surface area contributed by atoms with Crippen LogP contribution in [-0.4, -0.2) is 39.4 Å². The highest BCUT2D eigenvalue weighted by Crippen LogP contribution is 2.22. The summed E-state index contributed by atoms with van der Waals surface area (Å²) in [5.74, 6) is -0.252. The van der Waals surface area contributed by atoms with E-state index in [0.29, 0.717) is 24.2 Å². The summed E-state index contributed by atoms with van der Waals surface area (Å²) in [7, 11) is 0. The van der Waals surface area contributed by atoms with Crippen molar-refractivity contribution in [1.29, 1.82) is 0 Å². The first-order valence-corrected chi connectivity index (χ1v) is 9.19. The van der Waals surface area contributed by atoms with Crippen molar-refractivity contribution in [3.63, 3.8) is 0 Å². The minimum atomic E-state index is -0.154. The number of benzene rings is 1. The molecular weight excluding hydrogens is 330 g/mol. The maximum atomic E-state index is 12.5. The van der Waals surface area contributed by atoms with Gasteiger partial charge in [0.1, 0.15) is 0 Å². The Bertz CT molecular complexity index is 823. The summed E-state index contributed by atoms with van der Waals surface area (Å²) in [5, 5.41) is 14.1. The van der Waals surface area contributed by atoms with E-state index in [1.54, 1.807) is 10.7 Å². The van der Waals surface area contributed by atoms with Gasteiger partial charge in [0, 0.05) is 18.2 Å². The molecule has 0 atom stereocenters. The number of carbonyl (C=O) groups excluding carboxylic acids is 2. The number of hydrogen-bond donors (Lipinski definition) is 2. The molecule has 0 saturated heterocycles. The Labute approximate surface area is 153 Å². The molecule has 1 aliphatic rings. The third-order valence-corrected chi connectivity index (χ3v) is 4.40. The molecule has 7 heteroatoms. The van der Waals surface area contributed by atoms with Crippen molar-refractivity contribution in [3.05, 3.63) is 40.7 Å². The number of aryl methyl sites for hydroxylation is 1. The fourth-order valence-corrected chi connectivity index (χ4v) is 2.91. The average molecular weight is 355 g/mol. The second-order valence-electron chi connectivity index (χ2n) is 6.66. The predicted octanol–water partition coefficient (Wildman–Crippen LogP) is 2.17. The van der Waals surface area contributed by atoms with Crippen molar-refractivity contribution in [2.24, 2.45) is 0 Å². The Balaban J connectivity index is 1.94. The summed E-state index contributed by atoms with van der Waals surface area (Å²) >= 11 is 0. The molecule has 1 fully saturated rings. The number of aromatic nitrogens is 3. The lowest BCUT2D eigenvalue weighted by Gasteiger charge is -2.11. The third-order valence-electron chi connectivity index (χ3n) is 4.40. The van der Waals surface area contributed by atoms with Crippen LogP contribution >= 0.6 is 0 Å². The molecule has 0 aliphatic heterocycles. The van der Waals surface area contributed by atoms with Crippen LogP contribution in [0.5, 0.6) is 0 Å². The van der Waals surface area contributed by atoms with Gasteiger partial charge in [-0.25, -0.2) is 4.68 Å². The molecule has 0 bridgehead atoms. The smallest absolute Gasteiger partial charge is 0.273 e. The molecule has 1 saturated carbocycles. The Kier molecular flexibility index (Phi) is 5.35. The zero-order chi connectivity index (χ0) is 18.7. The largest absolute Gasteiger partial charge is 0.352 e. The number of nitrogens with one attached hydrogen (secondary N) is 2. The van der Waals surface area contributed by atoms with Gasteiger partial charge in [-0.1, -0.05) is 18.6 Å². The van der Waals surface area contributed by atoms with Crippen LogP contribution in [0.2, 0.25) is 0 Å². The summed E-state index contributed by atoms with van der Waals surface area (Å²) in [5.41, 5.74) is 3.55. The van der Waals surface area contributed by atoms with Crippen molar-refractivity contribution in [2.45, 2.75) is 52.5 Å². The zero-order valence-corrected chi connectivity index (χ0v) is 15.5. The molecule has 2 aromatic rings. The van der Waals surface area contributed by atoms with E-state index in [2.05, 4.69) is 27.9 Å². The topological polar surface area (TPSA) is 88.9 Å². The molecule has 1 aliphatic carbocycles. The Hall–Kier alpha value is -2.70. The lowest BCUT2D eigenvalue weighted by Crippen LogP contribution is -2.27. The van der Waals surface area contributed by atoms with E-state index in [1.807, 2.05) is 26.0 Å². The van der Waals surface area contributed by atoms with Gasteiger partial charge in [-0.2, -0.15) is 0 Å². The van der Waals surface area contributed by atoms with Gasteiger partial charge >= 0.3 is 0 Å². The first-order valence-electron chi connectivity index (χ1n) is 9.19. The first-order chi connectivity index (χ1) is 12.5. The summed E-state index contributed by atoms with van der Waals surface area (Å²) in [4.78, 5) is 24.5. The van der Waals surface area contributed by atoms with Gasteiger partial charge in [0.05, 0.1) is 11.4 Å². The highest BCUT2D eigenvalue weighted by atomic mass is 16.2. The summed E-state index contributed by atoms with van der Waals surface area (Å²) in [6, 6.07) is 5.74. The maximum absolute atomic E-state index is 12.5. The molecule has 0 unspecified atom stereocenters. The Morgan fingerprint density at radius 2 is 2.00 bits per heavy atom. The lowest BCUT2D eigenvalue weighted by molar-refractivity contribution is 0.0940. The minimum Gasteiger partial charge on any atom is -0.352 e. The van der Waals surface area contributed by atoms with Crippen LogP contribution in [0.3, 0.4) is 0 Å². The maximum Gasteiger partial charge on any atom is 0.273 e. The SMILES string of the molecule is CCCc1c(C(=O)NC2CC2)nnn1-c1ccc(C(=O)NCC)cc1C. The van der Waals surface area contributed by atoms with Gasteiger partial charge in [0.2, 0.25) is 0 Å². The fraction of sp³-hybridized carbons (Fsp3) is 0.474. The molecule has 1 aromatic carbocycles. The van der Waals surface area contributed by atoms with Crippen LogP contribution < -0.4 is 10.6 Å². The highest BCUT2D eigenvalue weighted by Gasteiger charge is 2.27. The predicted molar refractivity (Wildman–Crippen MR) is 98.6 cm³/mol. The molecule has 7 nitrogen and oxygen atoms in total. The molecule has 0 spiro atoms. The van der Waals surface area contributed by atoms with Gasteiger partial charge in [-0.15, -0.1) is 5.10 Å². The van der Waals surface area contributed by atoms with Gasteiger partial charge in [0.25, 0.3) is 11.8 Å². The van der Waals surface area contributed by atoms with Crippen LogP contribution in [0.25, 0.3) is 5.69 Å². The quantitative estimate of drug-likeness (QED) is 0.797. The van der Waals surface area contributed by atoms with Crippen LogP contribution in [0.4, 0.5) is 0 Å². The number of hydrogen-bond acceptors (Lipinski definition) is 4. The Morgan fingerprint density at radius 3 is 2.62 bits per heavy atom. The van der Waals surface area contributed by atoms with E-state index in [9.17, 15) is 9.59 Å². The fourth-order valence-electron chi connectivity index (χ4n) is 2.91. The monoisotopic (exact) mass is 355 g/mol. The van der Waals surface area contributed by atoms with Crippen LogP contribution in [0.15, 0.2) is 18.2 Å². The number of nitrogens with zero attached hydrogens (tertiary/aromatic N) is 3. The first kappa shape index (κ1) is 18.1. The van der Waals surface area contributed by atoms with Crippen molar-refractivity contribution in [2.75, 3.05) is 6.54 Å². The van der Waals surface area contributed by atoms with E-state index in [-0.39, 0.29) is 17.9 Å². The minimum absolute atomic E-state index is 0.0981. The summed E-state index contributed by atoms with van der Waals surface area (Å²) in [6.07, 6.45) is 3.65. The van der Waals surface area contributed by atoms with Crippen molar-refractivity contribution < 1.29 is 9.59 Å². The second-order valence-corrected chi connectivity index (χ2v) is 6.66. The number of amides is 2. The van der Waals surface area contributed by atoms with Crippen molar-refractivity contribution in [1.82, 2.24) is 25.6 Å². The second kappa shape index (κ2) is 7.68. The van der Waals surface area contributed by atoms with Crippen molar-refractivity contribution >= 4 is 11.8 Å². The molecule has 3 rings (SSSR count). The van der Waals surface area contributed by atoms with Crippen LogP contribution in [0, 0.1) is 6.92 Å². The normalized spacial score (nSPS) is 13.5. The standard InChI is InChI=1S/C19H25N5O2/c1-4-6-16-17(19(26)21-14-8-9-14)22-23-24(16)15-10-7-13(11-12(15)3)18(25)20-5-2/h7,10-11,14H,4-6,8-9H2,1-3H3,(H,20,25)(H,21,26). The summed E-state index contributed by atoms with van der Waals surface area (Å²) in [6.45, 7) is 6.47. The molecule has 138 valence electrons. The van der Waals surface area contributed by atoms with Gasteiger partial charge in [-0.05, 0) is 56.9 Å². The van der Waals surface area contributed by atoms with Crippen LogP contribution in [0.1, 0.15) is 65.2 Å². The zero-order valence-electron chi connectivity index (χ0n) is 15.5. The molecule has 1 aromatic heterocycles. The lowest BCUT2D eigenvalue weighted by atomic mass is 10.1. The Morgan fingerprint density at radius 1 is 1.23 bits per heavy atom. The molecular formula is C19H25N5O2. The van der Waals surface area contributed by atoms with Gasteiger partial charge in [0.15, 0.2) is 5.69 Å². The van der Waals surface area contributed by atoms with Crippen molar-refractivity contribution in [3.8, 4) is 5.69 Å². The van der Waals surface area contributed by atoms with Gasteiger partial charge in [-0.3, -0.25) is 9.59 Å². The molecule has 0 radical (unpaired) electrons. The van der Waals surface area contributed by atoms with Gasteiger partial charge < -0.3 is 10.6 Å². The van der Waals surface area contributed by atoms with Crippen LogP contribution in [-0.2, 0) is 6.42 Å². The van der Waals surface area contributed by atoms with E-state index < -0.39 is 0 Å². The average Bonchev–Trinajstić information content (AvgIpc) is 3.33. The number of rotatable bonds is 7. The van der Waals surface area contributed by atoms with E-state index in [0.717, 1.165) is 36.2 Å². The molecule has 2 N–H and O–H groups in total. The summed E-state index contributed by atoms with van der Waals surface area (Å²) < 4.78 is 1.72. The highest BCUT2D eigenvalue weighted by molar-refractivity contribution is 5.95. The van der Waals surface area contributed by atoms with E-state index >= 15 is 0 Å². The molecule has 1 heterocycles.